The van der Waals surface area contributed by atoms with Crippen molar-refractivity contribution in [3.05, 3.63) is 53.5 Å². The zero-order valence-corrected chi connectivity index (χ0v) is 15.9. The molecule has 0 spiro atoms. The molecular formula is C20H15F3N2O2S. The summed E-state index contributed by atoms with van der Waals surface area (Å²) in [7, 11) is 0. The molecule has 0 fully saturated rings. The zero-order chi connectivity index (χ0) is 20.0. The van der Waals surface area contributed by atoms with Crippen LogP contribution in [0.2, 0.25) is 0 Å². The van der Waals surface area contributed by atoms with Crippen molar-refractivity contribution in [2.45, 2.75) is 20.4 Å². The van der Waals surface area contributed by atoms with E-state index in [-0.39, 0.29) is 29.3 Å². The summed E-state index contributed by atoms with van der Waals surface area (Å²) in [6, 6.07) is 7.88. The molecule has 0 bridgehead atoms. The summed E-state index contributed by atoms with van der Waals surface area (Å²) < 4.78 is 48.6. The largest absolute Gasteiger partial charge is 0.465 e. The Morgan fingerprint density at radius 1 is 1.21 bits per heavy atom. The lowest BCUT2D eigenvalue weighted by Gasteiger charge is -2.07. The number of carbonyl (C=O) groups excluding carboxylic acids is 1. The van der Waals surface area contributed by atoms with Crippen LogP contribution in [-0.4, -0.2) is 22.1 Å². The van der Waals surface area contributed by atoms with Crippen LogP contribution in [0.5, 0.6) is 0 Å². The molecule has 2 aromatic carbocycles. The standard InChI is InChI=1S/C20H15F3N2O2S/c1-3-27-15(26)9-25-10(2)16(11-6-4-5-7-14(11)25)20-24-18-17(23)12(21)8-13(22)19(18)28-20/h4-8H,3,9H2,1-2H3. The van der Waals surface area contributed by atoms with E-state index in [1.54, 1.807) is 18.4 Å². The van der Waals surface area contributed by atoms with Crippen LogP contribution in [0.15, 0.2) is 30.3 Å². The van der Waals surface area contributed by atoms with Gasteiger partial charge in [0.05, 0.1) is 11.3 Å². The van der Waals surface area contributed by atoms with E-state index < -0.39 is 17.5 Å². The Balaban J connectivity index is 1.96. The number of aromatic nitrogens is 2. The quantitative estimate of drug-likeness (QED) is 0.347. The summed E-state index contributed by atoms with van der Waals surface area (Å²) in [4.78, 5) is 16.2. The lowest BCUT2D eigenvalue weighted by atomic mass is 10.1. The zero-order valence-electron chi connectivity index (χ0n) is 15.1. The molecule has 2 aromatic heterocycles. The van der Waals surface area contributed by atoms with E-state index in [0.29, 0.717) is 22.3 Å². The van der Waals surface area contributed by atoms with Crippen LogP contribution >= 0.6 is 11.3 Å². The molecule has 0 aliphatic rings. The van der Waals surface area contributed by atoms with Crippen LogP contribution in [-0.2, 0) is 16.1 Å². The Labute approximate surface area is 162 Å². The number of benzene rings is 2. The highest BCUT2D eigenvalue weighted by Crippen LogP contribution is 2.40. The average Bonchev–Trinajstić information content (AvgIpc) is 3.21. The molecule has 0 amide bonds. The fourth-order valence-corrected chi connectivity index (χ4v) is 4.41. The first kappa shape index (κ1) is 18.5. The summed E-state index contributed by atoms with van der Waals surface area (Å²) >= 11 is 0.949. The van der Waals surface area contributed by atoms with E-state index >= 15 is 0 Å². The summed E-state index contributed by atoms with van der Waals surface area (Å²) in [5.74, 6) is -3.69. The summed E-state index contributed by atoms with van der Waals surface area (Å²) in [5, 5.41) is 1.14. The summed E-state index contributed by atoms with van der Waals surface area (Å²) in [6.45, 7) is 3.80. The van der Waals surface area contributed by atoms with Crippen LogP contribution in [0.4, 0.5) is 13.2 Å². The fraction of sp³-hybridized carbons (Fsp3) is 0.200. The molecule has 4 rings (SSSR count). The Kier molecular flexibility index (Phi) is 4.58. The van der Waals surface area contributed by atoms with Gasteiger partial charge in [0.25, 0.3) is 0 Å². The number of fused-ring (bicyclic) bond motifs is 2. The number of para-hydroxylation sites is 1. The third kappa shape index (κ3) is 2.84. The number of ether oxygens (including phenoxy) is 1. The van der Waals surface area contributed by atoms with Gasteiger partial charge in [0.2, 0.25) is 0 Å². The number of hydrogen-bond acceptors (Lipinski definition) is 4. The molecule has 8 heteroatoms. The minimum atomic E-state index is -1.27. The van der Waals surface area contributed by atoms with Crippen LogP contribution in [0.25, 0.3) is 31.7 Å². The van der Waals surface area contributed by atoms with Gasteiger partial charge in [0, 0.05) is 28.2 Å². The first-order chi connectivity index (χ1) is 13.4. The third-order valence-corrected chi connectivity index (χ3v) is 5.63. The van der Waals surface area contributed by atoms with Gasteiger partial charge in [-0.15, -0.1) is 11.3 Å². The Bertz CT molecular complexity index is 1230. The highest BCUT2D eigenvalue weighted by atomic mass is 32.1. The van der Waals surface area contributed by atoms with Gasteiger partial charge in [-0.3, -0.25) is 4.79 Å². The number of nitrogens with zero attached hydrogens (tertiary/aromatic N) is 2. The predicted molar refractivity (Wildman–Crippen MR) is 102 cm³/mol. The maximum Gasteiger partial charge on any atom is 0.325 e. The highest BCUT2D eigenvalue weighted by molar-refractivity contribution is 7.21. The van der Waals surface area contributed by atoms with E-state index in [4.69, 9.17) is 4.74 Å². The van der Waals surface area contributed by atoms with Gasteiger partial charge in [-0.05, 0) is 19.9 Å². The van der Waals surface area contributed by atoms with Crippen molar-refractivity contribution >= 4 is 38.4 Å². The first-order valence-electron chi connectivity index (χ1n) is 8.60. The normalized spacial score (nSPS) is 11.5. The van der Waals surface area contributed by atoms with E-state index in [1.165, 1.54) is 0 Å². The number of rotatable bonds is 4. The highest BCUT2D eigenvalue weighted by Gasteiger charge is 2.23. The van der Waals surface area contributed by atoms with Gasteiger partial charge >= 0.3 is 5.97 Å². The second-order valence-electron chi connectivity index (χ2n) is 6.22. The number of esters is 1. The minimum Gasteiger partial charge on any atom is -0.465 e. The molecule has 0 saturated carbocycles. The Hall–Kier alpha value is -2.87. The maximum atomic E-state index is 14.1. The topological polar surface area (TPSA) is 44.1 Å². The van der Waals surface area contributed by atoms with Gasteiger partial charge in [-0.1, -0.05) is 18.2 Å². The number of halogens is 3. The van der Waals surface area contributed by atoms with E-state index in [9.17, 15) is 18.0 Å². The van der Waals surface area contributed by atoms with Gasteiger partial charge in [-0.25, -0.2) is 18.2 Å². The fourth-order valence-electron chi connectivity index (χ4n) is 3.33. The predicted octanol–water partition coefficient (Wildman–Crippen LogP) is 5.21. The van der Waals surface area contributed by atoms with Gasteiger partial charge < -0.3 is 9.30 Å². The molecule has 0 N–H and O–H groups in total. The molecule has 0 aliphatic heterocycles. The molecule has 0 radical (unpaired) electrons. The lowest BCUT2D eigenvalue weighted by Crippen LogP contribution is -2.14. The minimum absolute atomic E-state index is 0.00241. The summed E-state index contributed by atoms with van der Waals surface area (Å²) in [6.07, 6.45) is 0. The molecular weight excluding hydrogens is 389 g/mol. The molecule has 0 aliphatic carbocycles. The molecule has 0 atom stereocenters. The van der Waals surface area contributed by atoms with Crippen molar-refractivity contribution in [1.29, 1.82) is 0 Å². The molecule has 28 heavy (non-hydrogen) atoms. The average molecular weight is 404 g/mol. The molecule has 144 valence electrons. The maximum absolute atomic E-state index is 14.1. The van der Waals surface area contributed by atoms with Crippen LogP contribution in [0.3, 0.4) is 0 Å². The number of carbonyl (C=O) groups is 1. The molecule has 0 saturated heterocycles. The molecule has 4 nitrogen and oxygen atoms in total. The number of hydrogen-bond donors (Lipinski definition) is 0. The number of thiazole rings is 1. The van der Waals surface area contributed by atoms with E-state index in [2.05, 4.69) is 4.98 Å². The van der Waals surface area contributed by atoms with Crippen molar-refractivity contribution in [1.82, 2.24) is 9.55 Å². The third-order valence-electron chi connectivity index (χ3n) is 4.55. The van der Waals surface area contributed by atoms with Crippen molar-refractivity contribution in [3.63, 3.8) is 0 Å². The van der Waals surface area contributed by atoms with Crippen LogP contribution < -0.4 is 0 Å². The Morgan fingerprint density at radius 2 is 1.96 bits per heavy atom. The van der Waals surface area contributed by atoms with Gasteiger partial charge in [-0.2, -0.15) is 0 Å². The first-order valence-corrected chi connectivity index (χ1v) is 9.41. The van der Waals surface area contributed by atoms with Crippen molar-refractivity contribution < 1.29 is 22.7 Å². The van der Waals surface area contributed by atoms with Crippen LogP contribution in [0, 0.1) is 24.4 Å². The van der Waals surface area contributed by atoms with Crippen molar-refractivity contribution in [2.24, 2.45) is 0 Å². The van der Waals surface area contributed by atoms with Crippen molar-refractivity contribution in [3.8, 4) is 10.6 Å². The Morgan fingerprint density at radius 3 is 2.71 bits per heavy atom. The summed E-state index contributed by atoms with van der Waals surface area (Å²) in [5.41, 5.74) is 1.79. The molecule has 0 unspecified atom stereocenters. The monoisotopic (exact) mass is 404 g/mol. The SMILES string of the molecule is CCOC(=O)Cn1c(C)c(-c2nc3c(F)c(F)cc(F)c3s2)c2ccccc21. The second-order valence-corrected chi connectivity index (χ2v) is 7.22. The van der Waals surface area contributed by atoms with E-state index in [0.717, 1.165) is 22.2 Å². The lowest BCUT2D eigenvalue weighted by molar-refractivity contribution is -0.143. The molecule has 4 aromatic rings. The van der Waals surface area contributed by atoms with E-state index in [1.807, 2.05) is 24.3 Å². The van der Waals surface area contributed by atoms with Gasteiger partial charge in [0.1, 0.15) is 22.9 Å². The van der Waals surface area contributed by atoms with Gasteiger partial charge in [0.15, 0.2) is 11.6 Å². The molecule has 2 heterocycles. The van der Waals surface area contributed by atoms with Crippen molar-refractivity contribution in [2.75, 3.05) is 6.61 Å². The second kappa shape index (κ2) is 6.94. The smallest absolute Gasteiger partial charge is 0.325 e. The van der Waals surface area contributed by atoms with Crippen LogP contribution in [0.1, 0.15) is 12.6 Å².